The van der Waals surface area contributed by atoms with Gasteiger partial charge in [-0.3, -0.25) is 9.59 Å². The molecule has 2 rings (SSSR count). The van der Waals surface area contributed by atoms with Crippen LogP contribution in [-0.4, -0.2) is 21.6 Å². The molecule has 2 aromatic rings. The van der Waals surface area contributed by atoms with Crippen molar-refractivity contribution < 1.29 is 14.7 Å². The van der Waals surface area contributed by atoms with Gasteiger partial charge in [0, 0.05) is 18.9 Å². The van der Waals surface area contributed by atoms with Crippen LogP contribution in [0.2, 0.25) is 5.02 Å². The highest BCUT2D eigenvalue weighted by atomic mass is 35.5. The van der Waals surface area contributed by atoms with Gasteiger partial charge in [0.1, 0.15) is 5.69 Å². The number of rotatable bonds is 4. The summed E-state index contributed by atoms with van der Waals surface area (Å²) in [5.74, 6) is -1.18. The number of amides is 1. The lowest BCUT2D eigenvalue weighted by Gasteiger charge is -2.19. The number of nitrogens with one attached hydrogen (secondary N) is 1. The van der Waals surface area contributed by atoms with Crippen molar-refractivity contribution in [3.63, 3.8) is 0 Å². The Labute approximate surface area is 133 Å². The molecular weight excluding hydrogens is 304 g/mol. The molecule has 0 saturated carbocycles. The number of nitrogens with zero attached hydrogens (tertiary/aromatic N) is 1. The SMILES string of the molecule is Cn1cc(Cl)cc1C(=O)Nc1ccc(C(C)(C)C(=O)O)cc1. The van der Waals surface area contributed by atoms with Crippen molar-refractivity contribution in [2.45, 2.75) is 19.3 Å². The van der Waals surface area contributed by atoms with Crippen LogP contribution in [0.15, 0.2) is 36.5 Å². The first kappa shape index (κ1) is 16.1. The fourth-order valence-electron chi connectivity index (χ4n) is 2.04. The Morgan fingerprint density at radius 2 is 1.82 bits per heavy atom. The van der Waals surface area contributed by atoms with Crippen LogP contribution in [0.4, 0.5) is 5.69 Å². The molecule has 2 N–H and O–H groups in total. The first-order chi connectivity index (χ1) is 10.2. The van der Waals surface area contributed by atoms with Crippen molar-refractivity contribution in [1.82, 2.24) is 4.57 Å². The van der Waals surface area contributed by atoms with Gasteiger partial charge in [-0.25, -0.2) is 0 Å². The van der Waals surface area contributed by atoms with Crippen LogP contribution in [0.5, 0.6) is 0 Å². The molecule has 0 bridgehead atoms. The summed E-state index contributed by atoms with van der Waals surface area (Å²) in [7, 11) is 1.74. The van der Waals surface area contributed by atoms with Crippen LogP contribution >= 0.6 is 11.6 Å². The van der Waals surface area contributed by atoms with E-state index in [-0.39, 0.29) is 5.91 Å². The van der Waals surface area contributed by atoms with E-state index in [1.165, 1.54) is 0 Å². The van der Waals surface area contributed by atoms with Crippen molar-refractivity contribution in [3.8, 4) is 0 Å². The van der Waals surface area contributed by atoms with Crippen molar-refractivity contribution in [1.29, 1.82) is 0 Å². The average Bonchev–Trinajstić information content (AvgIpc) is 2.78. The summed E-state index contributed by atoms with van der Waals surface area (Å²) in [6.07, 6.45) is 1.65. The minimum Gasteiger partial charge on any atom is -0.481 e. The van der Waals surface area contributed by atoms with Gasteiger partial charge in [-0.05, 0) is 37.6 Å². The van der Waals surface area contributed by atoms with E-state index in [0.29, 0.717) is 22.0 Å². The minimum atomic E-state index is -0.978. The van der Waals surface area contributed by atoms with E-state index in [0.717, 1.165) is 0 Å². The number of aliphatic carboxylic acids is 1. The van der Waals surface area contributed by atoms with Crippen molar-refractivity contribution in [2.24, 2.45) is 7.05 Å². The van der Waals surface area contributed by atoms with Gasteiger partial charge in [0.15, 0.2) is 0 Å². The van der Waals surface area contributed by atoms with Gasteiger partial charge in [0.25, 0.3) is 5.91 Å². The highest BCUT2D eigenvalue weighted by Gasteiger charge is 2.29. The normalized spacial score (nSPS) is 11.3. The maximum Gasteiger partial charge on any atom is 0.313 e. The molecule has 0 atom stereocenters. The lowest BCUT2D eigenvalue weighted by Crippen LogP contribution is -2.28. The van der Waals surface area contributed by atoms with E-state index in [2.05, 4.69) is 5.32 Å². The van der Waals surface area contributed by atoms with Gasteiger partial charge in [-0.15, -0.1) is 0 Å². The maximum absolute atomic E-state index is 12.2. The summed E-state index contributed by atoms with van der Waals surface area (Å²) in [6, 6.07) is 8.34. The predicted molar refractivity (Wildman–Crippen MR) is 85.5 cm³/mol. The van der Waals surface area contributed by atoms with Gasteiger partial charge in [-0.2, -0.15) is 0 Å². The molecule has 1 aromatic heterocycles. The highest BCUT2D eigenvalue weighted by molar-refractivity contribution is 6.31. The van der Waals surface area contributed by atoms with Gasteiger partial charge >= 0.3 is 5.97 Å². The van der Waals surface area contributed by atoms with Crippen LogP contribution in [0.25, 0.3) is 0 Å². The molecule has 1 heterocycles. The predicted octanol–water partition coefficient (Wildman–Crippen LogP) is 3.29. The quantitative estimate of drug-likeness (QED) is 0.908. The fraction of sp³-hybridized carbons (Fsp3) is 0.250. The molecule has 0 saturated heterocycles. The Morgan fingerprint density at radius 3 is 2.27 bits per heavy atom. The lowest BCUT2D eigenvalue weighted by atomic mass is 9.85. The zero-order valence-corrected chi connectivity index (χ0v) is 13.3. The van der Waals surface area contributed by atoms with Crippen LogP contribution in [0, 0.1) is 0 Å². The summed E-state index contributed by atoms with van der Waals surface area (Å²) in [4.78, 5) is 23.4. The molecule has 0 aliphatic rings. The zero-order chi connectivity index (χ0) is 16.5. The number of hydrogen-bond acceptors (Lipinski definition) is 2. The van der Waals surface area contributed by atoms with Crippen molar-refractivity contribution >= 4 is 29.2 Å². The first-order valence-electron chi connectivity index (χ1n) is 6.69. The molecule has 22 heavy (non-hydrogen) atoms. The molecule has 0 spiro atoms. The van der Waals surface area contributed by atoms with Crippen LogP contribution in [0.1, 0.15) is 29.9 Å². The first-order valence-corrected chi connectivity index (χ1v) is 7.07. The molecule has 116 valence electrons. The molecule has 0 aliphatic carbocycles. The summed E-state index contributed by atoms with van der Waals surface area (Å²) < 4.78 is 1.64. The van der Waals surface area contributed by atoms with E-state index in [1.54, 1.807) is 62.0 Å². The molecule has 1 amide bonds. The Bertz CT molecular complexity index is 717. The third-order valence-corrected chi connectivity index (χ3v) is 3.81. The average molecular weight is 321 g/mol. The van der Waals surface area contributed by atoms with E-state index < -0.39 is 11.4 Å². The van der Waals surface area contributed by atoms with Crippen molar-refractivity contribution in [3.05, 3.63) is 52.8 Å². The number of hydrogen-bond donors (Lipinski definition) is 2. The third kappa shape index (κ3) is 3.14. The molecule has 0 aliphatic heterocycles. The number of aromatic nitrogens is 1. The lowest BCUT2D eigenvalue weighted by molar-refractivity contribution is -0.142. The molecule has 0 radical (unpaired) electrons. The number of halogens is 1. The van der Waals surface area contributed by atoms with Gasteiger partial charge in [-0.1, -0.05) is 23.7 Å². The van der Waals surface area contributed by atoms with E-state index >= 15 is 0 Å². The molecule has 1 aromatic carbocycles. The Morgan fingerprint density at radius 1 is 1.23 bits per heavy atom. The highest BCUT2D eigenvalue weighted by Crippen LogP contribution is 2.25. The number of carbonyl (C=O) groups is 2. The molecular formula is C16H17ClN2O3. The Balaban J connectivity index is 2.17. The second-order valence-corrected chi connectivity index (χ2v) is 6.05. The number of carbonyl (C=O) groups excluding carboxylic acids is 1. The van der Waals surface area contributed by atoms with Crippen LogP contribution in [-0.2, 0) is 17.3 Å². The monoisotopic (exact) mass is 320 g/mol. The van der Waals surface area contributed by atoms with Gasteiger partial charge < -0.3 is 15.0 Å². The number of aryl methyl sites for hydroxylation is 1. The second kappa shape index (κ2) is 5.85. The topological polar surface area (TPSA) is 71.3 Å². The number of benzene rings is 1. The summed E-state index contributed by atoms with van der Waals surface area (Å²) in [6.45, 7) is 3.27. The summed E-state index contributed by atoms with van der Waals surface area (Å²) in [5.41, 5.74) is 0.723. The minimum absolute atomic E-state index is 0.278. The van der Waals surface area contributed by atoms with Crippen molar-refractivity contribution in [2.75, 3.05) is 5.32 Å². The molecule has 5 nitrogen and oxygen atoms in total. The van der Waals surface area contributed by atoms with Gasteiger partial charge in [0.05, 0.1) is 10.4 Å². The summed E-state index contributed by atoms with van der Waals surface area (Å²) >= 11 is 5.86. The number of anilines is 1. The second-order valence-electron chi connectivity index (χ2n) is 5.62. The third-order valence-electron chi connectivity index (χ3n) is 3.60. The molecule has 6 heteroatoms. The maximum atomic E-state index is 12.2. The Kier molecular flexibility index (Phi) is 4.28. The number of carboxylic acid groups (broad SMARTS) is 1. The van der Waals surface area contributed by atoms with E-state index in [9.17, 15) is 14.7 Å². The largest absolute Gasteiger partial charge is 0.481 e. The smallest absolute Gasteiger partial charge is 0.313 e. The van der Waals surface area contributed by atoms with Gasteiger partial charge in [0.2, 0.25) is 0 Å². The summed E-state index contributed by atoms with van der Waals surface area (Å²) in [5, 5.41) is 12.5. The van der Waals surface area contributed by atoms with Crippen LogP contribution in [0.3, 0.4) is 0 Å². The zero-order valence-electron chi connectivity index (χ0n) is 12.6. The molecule has 0 fully saturated rings. The molecule has 0 unspecified atom stereocenters. The standard InChI is InChI=1S/C16H17ClN2O3/c1-16(2,15(21)22)10-4-6-12(7-5-10)18-14(20)13-8-11(17)9-19(13)3/h4-9H,1-3H3,(H,18,20)(H,21,22). The Hall–Kier alpha value is -2.27. The van der Waals surface area contributed by atoms with E-state index in [1.807, 2.05) is 0 Å². The number of carboxylic acids is 1. The van der Waals surface area contributed by atoms with E-state index in [4.69, 9.17) is 11.6 Å². The van der Waals surface area contributed by atoms with Crippen LogP contribution < -0.4 is 5.32 Å². The fourth-order valence-corrected chi connectivity index (χ4v) is 2.29.